The molecular weight excluding hydrogens is 585 g/mol. The van der Waals surface area contributed by atoms with Crippen molar-refractivity contribution in [2.75, 3.05) is 31.6 Å². The molecule has 1 fully saturated rings. The number of aryl methyl sites for hydroxylation is 1. The van der Waals surface area contributed by atoms with Gasteiger partial charge in [-0.2, -0.15) is 13.2 Å². The minimum absolute atomic E-state index is 0.0886. The van der Waals surface area contributed by atoms with Gasteiger partial charge in [0, 0.05) is 57.2 Å². The lowest BCUT2D eigenvalue weighted by Gasteiger charge is -2.34. The fraction of sp³-hybridized carbons (Fsp3) is 0.242. The summed E-state index contributed by atoms with van der Waals surface area (Å²) in [5.41, 5.74) is 1.47. The van der Waals surface area contributed by atoms with Crippen molar-refractivity contribution in [3.05, 3.63) is 134 Å². The summed E-state index contributed by atoms with van der Waals surface area (Å²) in [7, 11) is 0. The topological polar surface area (TPSA) is 95.4 Å². The maximum Gasteiger partial charge on any atom is 0.418 e. The van der Waals surface area contributed by atoms with Gasteiger partial charge in [0.05, 0.1) is 22.3 Å². The summed E-state index contributed by atoms with van der Waals surface area (Å²) in [4.78, 5) is 45.2. The highest BCUT2D eigenvalue weighted by molar-refractivity contribution is 6.01. The van der Waals surface area contributed by atoms with Crippen molar-refractivity contribution in [2.24, 2.45) is 0 Å². The maximum absolute atomic E-state index is 14.3. The van der Waals surface area contributed by atoms with E-state index in [0.29, 0.717) is 16.8 Å². The standard InChI is InChI=1S/C33H31F3N6O3/c1-22-7-5-6-10-25(22)30(43)38-42-29-18-28(26(33(34,35)36)17-27(29)37-31(44)32(42)45)41-12-11-24(21-41)20-40-15-13-39(14-16-40)19-23-8-3-2-4-9-23/h2-12,17-18,21H,13-16,19-20H2,1H3,(H,37,44)(H,38,43). The van der Waals surface area contributed by atoms with Crippen LogP contribution in [-0.2, 0) is 19.3 Å². The number of H-pyrrole nitrogens is 1. The molecule has 0 aliphatic carbocycles. The highest BCUT2D eigenvalue weighted by atomic mass is 19.4. The van der Waals surface area contributed by atoms with Crippen LogP contribution in [0.4, 0.5) is 13.2 Å². The normalized spacial score (nSPS) is 14.6. The minimum atomic E-state index is -4.77. The number of nitrogens with one attached hydrogen (secondary N) is 2. The van der Waals surface area contributed by atoms with E-state index in [0.717, 1.165) is 50.4 Å². The van der Waals surface area contributed by atoms with Gasteiger partial charge in [-0.15, -0.1) is 0 Å². The Kier molecular flexibility index (Phi) is 8.17. The minimum Gasteiger partial charge on any atom is -0.323 e. The number of hydrogen-bond acceptors (Lipinski definition) is 5. The molecule has 1 amide bonds. The van der Waals surface area contributed by atoms with Gasteiger partial charge >= 0.3 is 17.3 Å². The molecule has 1 saturated heterocycles. The number of halogens is 3. The molecule has 0 unspecified atom stereocenters. The van der Waals surface area contributed by atoms with Crippen molar-refractivity contribution in [2.45, 2.75) is 26.2 Å². The SMILES string of the molecule is Cc1ccccc1C(=O)Nn1c(=O)c(=O)[nH]c2cc(C(F)(F)F)c(-n3ccc(CN4CCN(Cc5ccccc5)CC4)c3)cc21. The van der Waals surface area contributed by atoms with Gasteiger partial charge in [0.1, 0.15) is 0 Å². The molecule has 6 rings (SSSR count). The van der Waals surface area contributed by atoms with Gasteiger partial charge in [0.15, 0.2) is 0 Å². The number of nitrogens with zero attached hydrogens (tertiary/aromatic N) is 4. The Morgan fingerprint density at radius 2 is 1.51 bits per heavy atom. The van der Waals surface area contributed by atoms with Crippen LogP contribution in [0.1, 0.15) is 32.6 Å². The summed E-state index contributed by atoms with van der Waals surface area (Å²) in [6.07, 6.45) is -1.60. The van der Waals surface area contributed by atoms with Crippen molar-refractivity contribution in [1.82, 2.24) is 24.0 Å². The Balaban J connectivity index is 1.29. The van der Waals surface area contributed by atoms with E-state index in [9.17, 15) is 27.6 Å². The fourth-order valence-electron chi connectivity index (χ4n) is 5.68. The van der Waals surface area contributed by atoms with Crippen LogP contribution in [0.5, 0.6) is 0 Å². The average molecular weight is 617 g/mol. The average Bonchev–Trinajstić information content (AvgIpc) is 3.48. The van der Waals surface area contributed by atoms with E-state index in [1.807, 2.05) is 18.2 Å². The molecule has 1 aliphatic heterocycles. The summed E-state index contributed by atoms with van der Waals surface area (Å²) >= 11 is 0. The van der Waals surface area contributed by atoms with Crippen LogP contribution in [0.25, 0.3) is 16.7 Å². The first kappa shape index (κ1) is 30.1. The first-order chi connectivity index (χ1) is 21.6. The lowest BCUT2D eigenvalue weighted by Crippen LogP contribution is -2.45. The first-order valence-electron chi connectivity index (χ1n) is 14.5. The number of carbonyl (C=O) groups excluding carboxylic acids is 1. The van der Waals surface area contributed by atoms with Gasteiger partial charge in [0.25, 0.3) is 5.91 Å². The number of fused-ring (bicyclic) bond motifs is 1. The number of amides is 1. The van der Waals surface area contributed by atoms with E-state index in [1.54, 1.807) is 43.5 Å². The highest BCUT2D eigenvalue weighted by Crippen LogP contribution is 2.36. The van der Waals surface area contributed by atoms with Gasteiger partial charge in [0.2, 0.25) is 0 Å². The van der Waals surface area contributed by atoms with Crippen molar-refractivity contribution in [1.29, 1.82) is 0 Å². The summed E-state index contributed by atoms with van der Waals surface area (Å²) < 4.78 is 45.1. The molecule has 9 nitrogen and oxygen atoms in total. The molecule has 0 atom stereocenters. The Labute approximate surface area is 256 Å². The van der Waals surface area contributed by atoms with Crippen molar-refractivity contribution in [3.8, 4) is 5.69 Å². The number of hydrogen-bond donors (Lipinski definition) is 2. The second-order valence-corrected chi connectivity index (χ2v) is 11.2. The van der Waals surface area contributed by atoms with Crippen LogP contribution >= 0.6 is 0 Å². The second kappa shape index (κ2) is 12.2. The monoisotopic (exact) mass is 616 g/mol. The van der Waals surface area contributed by atoms with Crippen LogP contribution in [0.2, 0.25) is 0 Å². The summed E-state index contributed by atoms with van der Waals surface area (Å²) in [6, 6.07) is 20.6. The number of aromatic amines is 1. The lowest BCUT2D eigenvalue weighted by atomic mass is 10.1. The molecule has 0 spiro atoms. The molecular formula is C33H31F3N6O3. The number of rotatable bonds is 7. The van der Waals surface area contributed by atoms with E-state index in [-0.39, 0.29) is 22.3 Å². The molecule has 1 aliphatic rings. The van der Waals surface area contributed by atoms with Crippen LogP contribution in [0.15, 0.2) is 94.8 Å². The Bertz CT molecular complexity index is 1970. The number of aromatic nitrogens is 3. The molecule has 232 valence electrons. The van der Waals surface area contributed by atoms with E-state index in [4.69, 9.17) is 0 Å². The quantitative estimate of drug-likeness (QED) is 0.263. The van der Waals surface area contributed by atoms with Crippen molar-refractivity contribution >= 4 is 16.9 Å². The van der Waals surface area contributed by atoms with Gasteiger partial charge in [-0.25, -0.2) is 4.68 Å². The smallest absolute Gasteiger partial charge is 0.323 e. The predicted octanol–water partition coefficient (Wildman–Crippen LogP) is 4.51. The molecule has 45 heavy (non-hydrogen) atoms. The number of carbonyl (C=O) groups is 1. The number of benzene rings is 3. The molecule has 5 aromatic rings. The Morgan fingerprint density at radius 3 is 2.18 bits per heavy atom. The third kappa shape index (κ3) is 6.47. The number of piperazine rings is 1. The van der Waals surface area contributed by atoms with Gasteiger partial charge < -0.3 is 9.55 Å². The van der Waals surface area contributed by atoms with Crippen LogP contribution in [0, 0.1) is 6.92 Å². The van der Waals surface area contributed by atoms with Crippen LogP contribution < -0.4 is 16.5 Å². The van der Waals surface area contributed by atoms with E-state index < -0.39 is 28.8 Å². The van der Waals surface area contributed by atoms with E-state index in [2.05, 4.69) is 32.3 Å². The third-order valence-corrected chi connectivity index (χ3v) is 8.06. The summed E-state index contributed by atoms with van der Waals surface area (Å²) in [6.45, 7) is 6.53. The Hall–Kier alpha value is -4.94. The molecule has 2 aromatic heterocycles. The summed E-state index contributed by atoms with van der Waals surface area (Å²) in [5.74, 6) is -0.685. The molecule has 0 saturated carbocycles. The zero-order valence-electron chi connectivity index (χ0n) is 24.5. The number of alkyl halides is 3. The van der Waals surface area contributed by atoms with E-state index in [1.165, 1.54) is 16.3 Å². The molecule has 3 heterocycles. The molecule has 0 bridgehead atoms. The zero-order valence-corrected chi connectivity index (χ0v) is 24.5. The Morgan fingerprint density at radius 1 is 0.867 bits per heavy atom. The van der Waals surface area contributed by atoms with E-state index >= 15 is 0 Å². The molecule has 0 radical (unpaired) electrons. The first-order valence-corrected chi connectivity index (χ1v) is 14.5. The summed E-state index contributed by atoms with van der Waals surface area (Å²) in [5, 5.41) is 0. The largest absolute Gasteiger partial charge is 0.418 e. The van der Waals surface area contributed by atoms with Gasteiger partial charge in [-0.05, 0) is 47.9 Å². The van der Waals surface area contributed by atoms with Gasteiger partial charge in [-0.1, -0.05) is 48.5 Å². The molecule has 2 N–H and O–H groups in total. The third-order valence-electron chi connectivity index (χ3n) is 8.06. The van der Waals surface area contributed by atoms with Crippen molar-refractivity contribution < 1.29 is 18.0 Å². The van der Waals surface area contributed by atoms with Crippen molar-refractivity contribution in [3.63, 3.8) is 0 Å². The second-order valence-electron chi connectivity index (χ2n) is 11.2. The fourth-order valence-corrected chi connectivity index (χ4v) is 5.68. The maximum atomic E-state index is 14.3. The molecule has 12 heteroatoms. The zero-order chi connectivity index (χ0) is 31.7. The van der Waals surface area contributed by atoms with Gasteiger partial charge in [-0.3, -0.25) is 29.6 Å². The van der Waals surface area contributed by atoms with Crippen LogP contribution in [0.3, 0.4) is 0 Å². The van der Waals surface area contributed by atoms with Crippen LogP contribution in [-0.4, -0.2) is 56.1 Å². The lowest BCUT2D eigenvalue weighted by molar-refractivity contribution is -0.137. The predicted molar refractivity (Wildman–Crippen MR) is 165 cm³/mol. The highest BCUT2D eigenvalue weighted by Gasteiger charge is 2.35. The molecule has 3 aromatic carbocycles.